The van der Waals surface area contributed by atoms with Crippen LogP contribution in [-0.2, 0) is 0 Å². The van der Waals surface area contributed by atoms with E-state index in [1.807, 2.05) is 17.9 Å². The lowest BCUT2D eigenvalue weighted by molar-refractivity contribution is 1.83. The second kappa shape index (κ2) is 3.00. The van der Waals surface area contributed by atoms with Gasteiger partial charge in [-0.3, -0.25) is 0 Å². The third-order valence-corrected chi connectivity index (χ3v) is 2.74. The van der Waals surface area contributed by atoms with E-state index in [1.165, 1.54) is 11.5 Å². The Balaban J connectivity index is 3.08. The van der Waals surface area contributed by atoms with Crippen molar-refractivity contribution >= 4 is 42.4 Å². The molecular formula is C5H3ClIP. The first-order valence-electron chi connectivity index (χ1n) is 2.06. The maximum Gasteiger partial charge on any atom is 0.0423 e. The highest BCUT2D eigenvalue weighted by Gasteiger charge is 1.85. The molecule has 42 valence electrons. The molecule has 3 heteroatoms. The second-order valence-corrected chi connectivity index (χ2v) is 4.79. The molecule has 0 aromatic carbocycles. The van der Waals surface area contributed by atoms with E-state index in [-0.39, 0.29) is 0 Å². The van der Waals surface area contributed by atoms with Gasteiger partial charge in [0.2, 0.25) is 0 Å². The number of hydrogen-bond donors (Lipinski definition) is 0. The molecule has 1 heterocycles. The zero-order valence-electron chi connectivity index (χ0n) is 3.94. The van der Waals surface area contributed by atoms with Gasteiger partial charge in [-0.05, 0) is 40.5 Å². The van der Waals surface area contributed by atoms with E-state index in [1.54, 1.807) is 0 Å². The normalized spacial score (nSPS) is 10.2. The highest BCUT2D eigenvalue weighted by molar-refractivity contribution is 14.1. The summed E-state index contributed by atoms with van der Waals surface area (Å²) < 4.78 is 1.27. The van der Waals surface area contributed by atoms with Gasteiger partial charge in [0.25, 0.3) is 0 Å². The van der Waals surface area contributed by atoms with E-state index in [0.29, 0.717) is 0 Å². The number of halogens is 2. The molecule has 0 atom stereocenters. The Kier molecular flexibility index (Phi) is 2.54. The minimum Gasteiger partial charge on any atom is -0.0843 e. The fraction of sp³-hybridized carbons (Fsp3) is 0. The Labute approximate surface area is 68.5 Å². The summed E-state index contributed by atoms with van der Waals surface area (Å²) in [4.78, 5) is 0. The lowest BCUT2D eigenvalue weighted by Gasteiger charge is -1.86. The highest BCUT2D eigenvalue weighted by atomic mass is 127. The first-order chi connectivity index (χ1) is 3.79. The smallest absolute Gasteiger partial charge is 0.0423 e. The Morgan fingerprint density at radius 1 is 1.62 bits per heavy atom. The van der Waals surface area contributed by atoms with Crippen LogP contribution in [0.25, 0.3) is 0 Å². The van der Waals surface area contributed by atoms with Crippen molar-refractivity contribution in [1.29, 1.82) is 0 Å². The molecule has 0 radical (unpaired) electrons. The van der Waals surface area contributed by atoms with Crippen LogP contribution in [0.2, 0.25) is 5.02 Å². The quantitative estimate of drug-likeness (QED) is 0.623. The van der Waals surface area contributed by atoms with Crippen LogP contribution in [0.4, 0.5) is 0 Å². The molecule has 1 aromatic heterocycles. The maximum absolute atomic E-state index is 5.66. The van der Waals surface area contributed by atoms with Crippen molar-refractivity contribution in [1.82, 2.24) is 0 Å². The van der Waals surface area contributed by atoms with Crippen molar-refractivity contribution in [3.05, 3.63) is 26.3 Å². The van der Waals surface area contributed by atoms with Gasteiger partial charge in [0, 0.05) is 8.32 Å². The monoisotopic (exact) mass is 256 g/mol. The van der Waals surface area contributed by atoms with E-state index in [2.05, 4.69) is 22.6 Å². The molecule has 0 amide bonds. The van der Waals surface area contributed by atoms with Crippen molar-refractivity contribution < 1.29 is 0 Å². The Hall–Kier alpha value is 0.670. The molecule has 0 aliphatic carbocycles. The summed E-state index contributed by atoms with van der Waals surface area (Å²) in [5, 5.41) is 0.827. The molecule has 0 aliphatic rings. The molecular weight excluding hydrogens is 253 g/mol. The van der Waals surface area contributed by atoms with Crippen LogP contribution >= 0.6 is 42.4 Å². The van der Waals surface area contributed by atoms with E-state index in [0.717, 1.165) is 5.02 Å². The van der Waals surface area contributed by atoms with Crippen molar-refractivity contribution in [3.8, 4) is 0 Å². The molecule has 0 fully saturated rings. The van der Waals surface area contributed by atoms with Crippen LogP contribution in [0.3, 0.4) is 0 Å². The van der Waals surface area contributed by atoms with Gasteiger partial charge >= 0.3 is 0 Å². The van der Waals surface area contributed by atoms with Crippen LogP contribution < -0.4 is 0 Å². The zero-order chi connectivity index (χ0) is 5.98. The summed E-state index contributed by atoms with van der Waals surface area (Å²) in [7, 11) is 1.25. The minimum atomic E-state index is 0.827. The predicted octanol–water partition coefficient (Wildman–Crippen LogP) is 3.52. The first kappa shape index (κ1) is 6.79. The maximum atomic E-state index is 5.66. The molecule has 0 bridgehead atoms. The SMILES string of the molecule is Clc1ccpc(I)c1. The van der Waals surface area contributed by atoms with Crippen LogP contribution in [0.5, 0.6) is 0 Å². The average molecular weight is 256 g/mol. The van der Waals surface area contributed by atoms with Gasteiger partial charge in [0.15, 0.2) is 0 Å². The third kappa shape index (κ3) is 1.88. The second-order valence-electron chi connectivity index (χ2n) is 1.30. The van der Waals surface area contributed by atoms with Gasteiger partial charge in [0.05, 0.1) is 0 Å². The largest absolute Gasteiger partial charge is 0.0843 e. The van der Waals surface area contributed by atoms with E-state index in [9.17, 15) is 0 Å². The third-order valence-electron chi connectivity index (χ3n) is 0.689. The summed E-state index contributed by atoms with van der Waals surface area (Å²) in [5.41, 5.74) is 0. The first-order valence-corrected chi connectivity index (χ1v) is 4.48. The lowest BCUT2D eigenvalue weighted by Crippen LogP contribution is -1.59. The Bertz CT molecular complexity index is 172. The number of rotatable bonds is 0. The van der Waals surface area contributed by atoms with Gasteiger partial charge in [-0.15, -0.1) is 0 Å². The standard InChI is InChI=1S/C5H3ClIP/c6-4-1-2-8-5(7)3-4/h1-3H. The summed E-state index contributed by atoms with van der Waals surface area (Å²) in [6, 6.07) is 3.87. The van der Waals surface area contributed by atoms with E-state index < -0.39 is 0 Å². The van der Waals surface area contributed by atoms with Gasteiger partial charge in [-0.1, -0.05) is 19.8 Å². The van der Waals surface area contributed by atoms with Gasteiger partial charge in [-0.25, -0.2) is 0 Å². The minimum absolute atomic E-state index is 0.827. The van der Waals surface area contributed by atoms with Gasteiger partial charge in [-0.2, -0.15) is 0 Å². The Morgan fingerprint density at radius 2 is 2.38 bits per heavy atom. The molecule has 8 heavy (non-hydrogen) atoms. The molecule has 0 spiro atoms. The molecule has 0 N–H and O–H groups in total. The summed E-state index contributed by atoms with van der Waals surface area (Å²) in [6.07, 6.45) is 0. The zero-order valence-corrected chi connectivity index (χ0v) is 7.74. The number of hydrogen-bond acceptors (Lipinski definition) is 0. The van der Waals surface area contributed by atoms with E-state index >= 15 is 0 Å². The van der Waals surface area contributed by atoms with Crippen molar-refractivity contribution in [2.24, 2.45) is 0 Å². The topological polar surface area (TPSA) is 0 Å². The fourth-order valence-corrected chi connectivity index (χ4v) is 2.31. The highest BCUT2D eigenvalue weighted by Crippen LogP contribution is 2.20. The predicted molar refractivity (Wildman–Crippen MR) is 46.7 cm³/mol. The molecule has 1 aromatic rings. The molecule has 1 rings (SSSR count). The van der Waals surface area contributed by atoms with Crippen molar-refractivity contribution in [2.45, 2.75) is 0 Å². The summed E-state index contributed by atoms with van der Waals surface area (Å²) >= 11 is 7.92. The van der Waals surface area contributed by atoms with Crippen LogP contribution in [0, 0.1) is 3.30 Å². The van der Waals surface area contributed by atoms with Gasteiger partial charge < -0.3 is 0 Å². The van der Waals surface area contributed by atoms with Crippen LogP contribution in [0.15, 0.2) is 17.9 Å². The molecule has 0 saturated heterocycles. The molecule has 0 aliphatic heterocycles. The molecule has 0 nitrogen and oxygen atoms in total. The Morgan fingerprint density at radius 3 is 2.75 bits per heavy atom. The fourth-order valence-electron chi connectivity index (χ4n) is 0.379. The van der Waals surface area contributed by atoms with E-state index in [4.69, 9.17) is 11.6 Å². The van der Waals surface area contributed by atoms with Crippen LogP contribution in [-0.4, -0.2) is 0 Å². The average Bonchev–Trinajstić information content (AvgIpc) is 1.64. The molecule has 0 unspecified atom stereocenters. The van der Waals surface area contributed by atoms with Crippen molar-refractivity contribution in [3.63, 3.8) is 0 Å². The summed E-state index contributed by atoms with van der Waals surface area (Å²) in [5.74, 6) is 2.03. The van der Waals surface area contributed by atoms with Crippen molar-refractivity contribution in [2.75, 3.05) is 0 Å². The molecule has 0 saturated carbocycles. The summed E-state index contributed by atoms with van der Waals surface area (Å²) in [6.45, 7) is 0. The van der Waals surface area contributed by atoms with Gasteiger partial charge in [0.1, 0.15) is 0 Å². The lowest BCUT2D eigenvalue weighted by atomic mass is 10.6. The van der Waals surface area contributed by atoms with Crippen LogP contribution in [0.1, 0.15) is 0 Å².